The Labute approximate surface area is 240 Å². The number of amides is 3. The summed E-state index contributed by atoms with van der Waals surface area (Å²) in [4.78, 5) is 72.0. The second kappa shape index (κ2) is 14.3. The number of carbonyl (C=O) groups excluding carboxylic acids is 6. The van der Waals surface area contributed by atoms with E-state index in [2.05, 4.69) is 10.1 Å². The van der Waals surface area contributed by atoms with Crippen molar-refractivity contribution in [3.05, 3.63) is 22.3 Å². The van der Waals surface area contributed by atoms with Crippen LogP contribution in [0.15, 0.2) is 6.07 Å². The van der Waals surface area contributed by atoms with Gasteiger partial charge in [0.2, 0.25) is 0 Å². The number of imide groups is 1. The van der Waals surface area contributed by atoms with E-state index in [-0.39, 0.29) is 14.8 Å². The molecule has 1 aromatic rings. The van der Waals surface area contributed by atoms with Crippen LogP contribution in [0, 0.1) is 10.7 Å². The van der Waals surface area contributed by atoms with Gasteiger partial charge in [-0.15, -0.1) is 0 Å². The van der Waals surface area contributed by atoms with Gasteiger partial charge < -0.3 is 19.5 Å². The van der Waals surface area contributed by atoms with Gasteiger partial charge in [0.05, 0.1) is 14.8 Å². The SMILES string of the molecule is CC(=O)OCC(=O)Nc1c(I)cc(I)c(C(=O)N(C(=O)Cl)C(COC(C)=O)COC(C)=O)c1I. The third-order valence-electron chi connectivity index (χ3n) is 3.79. The number of rotatable bonds is 9. The molecule has 0 saturated heterocycles. The molecule has 0 aliphatic heterocycles. The lowest BCUT2D eigenvalue weighted by molar-refractivity contribution is -0.146. The van der Waals surface area contributed by atoms with Gasteiger partial charge in [-0.3, -0.25) is 33.7 Å². The molecule has 11 nitrogen and oxygen atoms in total. The molecule has 0 aromatic heterocycles. The Morgan fingerprint density at radius 1 is 0.912 bits per heavy atom. The van der Waals surface area contributed by atoms with Crippen molar-refractivity contribution in [1.82, 2.24) is 4.90 Å². The number of nitrogens with one attached hydrogen (secondary N) is 1. The molecule has 0 fully saturated rings. The number of ether oxygens (including phenoxy) is 3. The molecule has 34 heavy (non-hydrogen) atoms. The minimum atomic E-state index is -1.21. The lowest BCUT2D eigenvalue weighted by atomic mass is 10.1. The molecule has 0 atom stereocenters. The first-order valence-corrected chi connectivity index (χ1v) is 12.8. The van der Waals surface area contributed by atoms with E-state index in [1.165, 1.54) is 0 Å². The summed E-state index contributed by atoms with van der Waals surface area (Å²) in [5.74, 6) is -3.51. The zero-order valence-electron chi connectivity index (χ0n) is 17.9. The van der Waals surface area contributed by atoms with Gasteiger partial charge in [0.15, 0.2) is 6.61 Å². The van der Waals surface area contributed by atoms with Gasteiger partial charge in [0.25, 0.3) is 11.8 Å². The minimum Gasteiger partial charge on any atom is -0.464 e. The van der Waals surface area contributed by atoms with Crippen molar-refractivity contribution in [2.45, 2.75) is 26.8 Å². The maximum atomic E-state index is 13.5. The van der Waals surface area contributed by atoms with E-state index < -0.39 is 61.0 Å². The summed E-state index contributed by atoms with van der Waals surface area (Å²) < 4.78 is 15.8. The number of hydrogen-bond acceptors (Lipinski definition) is 9. The van der Waals surface area contributed by atoms with Crippen LogP contribution in [0.4, 0.5) is 10.5 Å². The maximum absolute atomic E-state index is 13.5. The summed E-state index contributed by atoms with van der Waals surface area (Å²) in [6, 6.07) is 0.375. The Morgan fingerprint density at radius 2 is 1.41 bits per heavy atom. The monoisotopic (exact) mass is 834 g/mol. The average molecular weight is 835 g/mol. The summed E-state index contributed by atoms with van der Waals surface area (Å²) in [6.07, 6.45) is 0. The number of esters is 3. The normalized spacial score (nSPS) is 10.4. The topological polar surface area (TPSA) is 145 Å². The highest BCUT2D eigenvalue weighted by atomic mass is 127. The van der Waals surface area contributed by atoms with Crippen LogP contribution in [-0.4, -0.2) is 65.9 Å². The smallest absolute Gasteiger partial charge is 0.323 e. The van der Waals surface area contributed by atoms with E-state index in [0.717, 1.165) is 20.8 Å². The predicted molar refractivity (Wildman–Crippen MR) is 144 cm³/mol. The van der Waals surface area contributed by atoms with Crippen LogP contribution in [0.2, 0.25) is 0 Å². The molecule has 1 rings (SSSR count). The fraction of sp³-hybridized carbons (Fsp3) is 0.368. The highest BCUT2D eigenvalue weighted by Gasteiger charge is 2.34. The molecular formula is C19H18ClI3N2O9. The van der Waals surface area contributed by atoms with Gasteiger partial charge in [0, 0.05) is 27.9 Å². The molecule has 0 unspecified atom stereocenters. The zero-order valence-corrected chi connectivity index (χ0v) is 25.1. The molecule has 1 aromatic carbocycles. The van der Waals surface area contributed by atoms with Gasteiger partial charge in [-0.05, 0) is 85.4 Å². The van der Waals surface area contributed by atoms with Crippen molar-refractivity contribution in [2.24, 2.45) is 0 Å². The molecule has 186 valence electrons. The predicted octanol–water partition coefficient (Wildman–Crippen LogP) is 3.30. The fourth-order valence-corrected chi connectivity index (χ4v) is 6.69. The van der Waals surface area contributed by atoms with E-state index in [0.29, 0.717) is 12.0 Å². The number of halogens is 4. The maximum Gasteiger partial charge on any atom is 0.323 e. The number of nitrogens with zero attached hydrogens (tertiary/aromatic N) is 1. The van der Waals surface area contributed by atoms with Crippen LogP contribution in [0.1, 0.15) is 31.1 Å². The van der Waals surface area contributed by atoms with E-state index in [9.17, 15) is 28.8 Å². The highest BCUT2D eigenvalue weighted by Crippen LogP contribution is 2.33. The average Bonchev–Trinajstić information content (AvgIpc) is 2.70. The van der Waals surface area contributed by atoms with Crippen LogP contribution >= 0.6 is 79.4 Å². The third-order valence-corrected chi connectivity index (χ3v) is 6.75. The first-order chi connectivity index (χ1) is 15.8. The van der Waals surface area contributed by atoms with Gasteiger partial charge in [0.1, 0.15) is 19.3 Å². The van der Waals surface area contributed by atoms with Gasteiger partial charge in [-0.2, -0.15) is 0 Å². The van der Waals surface area contributed by atoms with Crippen LogP contribution in [0.25, 0.3) is 0 Å². The van der Waals surface area contributed by atoms with Crippen LogP contribution < -0.4 is 5.32 Å². The lowest BCUT2D eigenvalue weighted by Gasteiger charge is -2.28. The first kappa shape index (κ1) is 30.8. The molecule has 0 bridgehead atoms. The Kier molecular flexibility index (Phi) is 13.0. The summed E-state index contributed by atoms with van der Waals surface area (Å²) in [5.41, 5.74) is 0.273. The summed E-state index contributed by atoms with van der Waals surface area (Å²) in [5, 5.41) is 1.38. The molecule has 0 aliphatic rings. The number of hydrogen-bond donors (Lipinski definition) is 1. The van der Waals surface area contributed by atoms with Crippen molar-refractivity contribution in [3.63, 3.8) is 0 Å². The Morgan fingerprint density at radius 3 is 1.85 bits per heavy atom. The Balaban J connectivity index is 3.43. The van der Waals surface area contributed by atoms with E-state index in [1.54, 1.807) is 6.07 Å². The standard InChI is InChI=1S/C19H18ClI3N2O9/c1-8(26)32-5-11(6-33-9(2)27)25(19(20)31)18(30)15-12(21)4-13(22)17(16(15)23)24-14(29)7-34-10(3)28/h4,11H,5-7H2,1-3H3,(H,24,29). The number of anilines is 1. The van der Waals surface area contributed by atoms with E-state index >= 15 is 0 Å². The second-order valence-corrected chi connectivity index (χ2v) is 10.1. The molecule has 0 spiro atoms. The molecule has 0 saturated carbocycles. The highest BCUT2D eigenvalue weighted by molar-refractivity contribution is 14.1. The zero-order chi connectivity index (χ0) is 26.2. The molecule has 0 heterocycles. The van der Waals surface area contributed by atoms with Gasteiger partial charge in [-0.1, -0.05) is 0 Å². The van der Waals surface area contributed by atoms with Gasteiger partial charge >= 0.3 is 23.3 Å². The van der Waals surface area contributed by atoms with E-state index in [1.807, 2.05) is 67.8 Å². The molecule has 0 radical (unpaired) electrons. The summed E-state index contributed by atoms with van der Waals surface area (Å²) >= 11 is 11.4. The van der Waals surface area contributed by atoms with Crippen LogP contribution in [0.3, 0.4) is 0 Å². The largest absolute Gasteiger partial charge is 0.464 e. The Bertz CT molecular complexity index is 1000. The first-order valence-electron chi connectivity index (χ1n) is 9.16. The molecule has 0 aliphatic carbocycles. The van der Waals surface area contributed by atoms with Crippen molar-refractivity contribution in [1.29, 1.82) is 0 Å². The Hall–Kier alpha value is -1.28. The lowest BCUT2D eigenvalue weighted by Crippen LogP contribution is -2.48. The van der Waals surface area contributed by atoms with Gasteiger partial charge in [-0.25, -0.2) is 0 Å². The van der Waals surface area contributed by atoms with Crippen molar-refractivity contribution >= 4 is 120 Å². The fourth-order valence-electron chi connectivity index (χ4n) is 2.38. The number of benzene rings is 1. The van der Waals surface area contributed by atoms with Crippen molar-refractivity contribution < 1.29 is 43.0 Å². The second-order valence-electron chi connectivity index (χ2n) is 6.42. The number of carbonyl (C=O) groups is 6. The van der Waals surface area contributed by atoms with Crippen LogP contribution in [0.5, 0.6) is 0 Å². The molecule has 1 N–H and O–H groups in total. The van der Waals surface area contributed by atoms with Crippen molar-refractivity contribution in [3.8, 4) is 0 Å². The van der Waals surface area contributed by atoms with Crippen molar-refractivity contribution in [2.75, 3.05) is 25.1 Å². The van der Waals surface area contributed by atoms with E-state index in [4.69, 9.17) is 21.1 Å². The molecule has 15 heteroatoms. The minimum absolute atomic E-state index is 0.0223. The molecular weight excluding hydrogens is 816 g/mol. The van der Waals surface area contributed by atoms with Crippen LogP contribution in [-0.2, 0) is 33.4 Å². The third kappa shape index (κ3) is 9.40. The summed E-state index contributed by atoms with van der Waals surface area (Å²) in [7, 11) is 0. The summed E-state index contributed by atoms with van der Waals surface area (Å²) in [6.45, 7) is 1.96. The quantitative estimate of drug-likeness (QED) is 0.130. The molecule has 3 amide bonds.